The summed E-state index contributed by atoms with van der Waals surface area (Å²) in [5.74, 6) is -0.656. The number of rotatable bonds is 6. The maximum Gasteiger partial charge on any atom is 0.325 e. The first-order valence-electron chi connectivity index (χ1n) is 10.7. The Morgan fingerprint density at radius 1 is 1.18 bits per heavy atom. The zero-order chi connectivity index (χ0) is 23.7. The number of fused-ring (bicyclic) bond motifs is 2. The van der Waals surface area contributed by atoms with Crippen molar-refractivity contribution in [1.29, 1.82) is 0 Å². The minimum atomic E-state index is -1.11. The van der Waals surface area contributed by atoms with Crippen LogP contribution in [0.25, 0.3) is 0 Å². The number of aromatic nitrogens is 2. The van der Waals surface area contributed by atoms with Gasteiger partial charge in [0, 0.05) is 5.75 Å². The highest BCUT2D eigenvalue weighted by atomic mass is 32.2. The largest absolute Gasteiger partial charge is 0.325 e. The summed E-state index contributed by atoms with van der Waals surface area (Å²) in [6.45, 7) is -0.410. The molecule has 3 aromatic rings. The second kappa shape index (κ2) is 9.15. The van der Waals surface area contributed by atoms with Crippen molar-refractivity contribution in [2.75, 3.05) is 11.9 Å². The third-order valence-electron chi connectivity index (χ3n) is 5.88. The molecule has 1 aromatic heterocycles. The van der Waals surface area contributed by atoms with Crippen LogP contribution < -0.4 is 10.6 Å². The topological polar surface area (TPSA) is 104 Å². The Bertz CT molecular complexity index is 1270. The smallest absolute Gasteiger partial charge is 0.319 e. The molecule has 11 heteroatoms. The van der Waals surface area contributed by atoms with E-state index in [0.29, 0.717) is 16.5 Å². The van der Waals surface area contributed by atoms with Gasteiger partial charge < -0.3 is 5.32 Å². The first-order chi connectivity index (χ1) is 16.4. The monoisotopic (exact) mass is 497 g/mol. The van der Waals surface area contributed by atoms with Crippen molar-refractivity contribution in [2.45, 2.75) is 34.9 Å². The van der Waals surface area contributed by atoms with Crippen molar-refractivity contribution in [3.63, 3.8) is 0 Å². The summed E-state index contributed by atoms with van der Waals surface area (Å²) in [5.41, 5.74) is 1.66. The molecule has 1 aliphatic carbocycles. The number of thioether (sulfide) groups is 1. The highest BCUT2D eigenvalue weighted by Gasteiger charge is 2.54. The van der Waals surface area contributed by atoms with E-state index in [1.165, 1.54) is 35.2 Å². The fraction of sp³-hybridized carbons (Fsp3) is 0.261. The molecule has 1 fully saturated rings. The molecule has 4 amide bonds. The summed E-state index contributed by atoms with van der Waals surface area (Å²) in [6.07, 6.45) is 2.12. The Labute approximate surface area is 202 Å². The normalized spacial score (nSPS) is 19.3. The molecule has 1 aliphatic heterocycles. The number of anilines is 1. The molecule has 174 valence electrons. The van der Waals surface area contributed by atoms with Gasteiger partial charge in [0.2, 0.25) is 11.0 Å². The summed E-state index contributed by atoms with van der Waals surface area (Å²) in [5, 5.41) is 13.7. The Morgan fingerprint density at radius 3 is 2.79 bits per heavy atom. The van der Waals surface area contributed by atoms with E-state index in [1.54, 1.807) is 12.1 Å². The van der Waals surface area contributed by atoms with Gasteiger partial charge in [0.1, 0.15) is 17.9 Å². The molecule has 1 spiro atoms. The lowest BCUT2D eigenvalue weighted by Gasteiger charge is -2.33. The van der Waals surface area contributed by atoms with Crippen LogP contribution in [0.4, 0.5) is 14.3 Å². The third kappa shape index (κ3) is 4.28. The Kier molecular flexibility index (Phi) is 6.05. The first kappa shape index (κ1) is 22.5. The molecular formula is C23H20FN5O3S2. The van der Waals surface area contributed by atoms with Crippen molar-refractivity contribution in [3.8, 4) is 0 Å². The maximum atomic E-state index is 13.3. The molecule has 2 aliphatic rings. The molecule has 2 heterocycles. The number of hydrogen-bond donors (Lipinski definition) is 2. The molecule has 0 saturated carbocycles. The quantitative estimate of drug-likeness (QED) is 0.306. The predicted molar refractivity (Wildman–Crippen MR) is 126 cm³/mol. The van der Waals surface area contributed by atoms with Crippen LogP contribution in [0.2, 0.25) is 0 Å². The van der Waals surface area contributed by atoms with Crippen LogP contribution in [0.15, 0.2) is 52.9 Å². The number of nitrogens with one attached hydrogen (secondary N) is 2. The average molecular weight is 498 g/mol. The van der Waals surface area contributed by atoms with Crippen LogP contribution in [-0.4, -0.2) is 39.5 Å². The number of carbonyl (C=O) groups excluding carboxylic acids is 3. The highest BCUT2D eigenvalue weighted by molar-refractivity contribution is 8.00. The Morgan fingerprint density at radius 2 is 1.97 bits per heavy atom. The number of amides is 4. The van der Waals surface area contributed by atoms with E-state index in [9.17, 15) is 18.8 Å². The molecule has 34 heavy (non-hydrogen) atoms. The van der Waals surface area contributed by atoms with Crippen molar-refractivity contribution < 1.29 is 18.8 Å². The Hall–Kier alpha value is -3.31. The second-order valence-corrected chi connectivity index (χ2v) is 10.3. The Balaban J connectivity index is 1.21. The SMILES string of the molecule is O=C(CN1C(=O)N[C@]2(CCCc3ccccc32)C1=O)Nc1nnc(SCc2ccc(F)cc2)s1. The van der Waals surface area contributed by atoms with Crippen LogP contribution in [0.1, 0.15) is 29.5 Å². The number of nitrogens with zero attached hydrogens (tertiary/aromatic N) is 3. The van der Waals surface area contributed by atoms with Gasteiger partial charge in [0.25, 0.3) is 5.91 Å². The van der Waals surface area contributed by atoms with Crippen molar-refractivity contribution in [2.24, 2.45) is 0 Å². The number of halogens is 1. The van der Waals surface area contributed by atoms with Gasteiger partial charge in [-0.15, -0.1) is 10.2 Å². The molecule has 1 saturated heterocycles. The summed E-state index contributed by atoms with van der Waals surface area (Å²) in [4.78, 5) is 39.5. The van der Waals surface area contributed by atoms with E-state index in [2.05, 4.69) is 20.8 Å². The molecule has 0 radical (unpaired) electrons. The molecule has 5 rings (SSSR count). The van der Waals surface area contributed by atoms with Gasteiger partial charge >= 0.3 is 6.03 Å². The van der Waals surface area contributed by atoms with Crippen LogP contribution >= 0.6 is 23.1 Å². The van der Waals surface area contributed by atoms with Crippen LogP contribution in [-0.2, 0) is 27.3 Å². The lowest BCUT2D eigenvalue weighted by atomic mass is 9.76. The fourth-order valence-corrected chi connectivity index (χ4v) is 6.03. The van der Waals surface area contributed by atoms with Gasteiger partial charge in [-0.05, 0) is 48.1 Å². The van der Waals surface area contributed by atoms with Crippen LogP contribution in [0.3, 0.4) is 0 Å². The maximum absolute atomic E-state index is 13.3. The van der Waals surface area contributed by atoms with E-state index in [0.717, 1.165) is 34.4 Å². The first-order valence-corrected chi connectivity index (χ1v) is 12.5. The summed E-state index contributed by atoms with van der Waals surface area (Å²) >= 11 is 2.60. The van der Waals surface area contributed by atoms with Gasteiger partial charge in [-0.1, -0.05) is 59.5 Å². The number of aryl methyl sites for hydroxylation is 1. The molecule has 0 bridgehead atoms. The van der Waals surface area contributed by atoms with Gasteiger partial charge in [-0.2, -0.15) is 0 Å². The second-order valence-electron chi connectivity index (χ2n) is 8.07. The van der Waals surface area contributed by atoms with Crippen LogP contribution in [0.5, 0.6) is 0 Å². The van der Waals surface area contributed by atoms with E-state index in [-0.39, 0.29) is 10.9 Å². The zero-order valence-electron chi connectivity index (χ0n) is 17.9. The molecule has 1 atom stereocenters. The predicted octanol–water partition coefficient (Wildman–Crippen LogP) is 3.69. The highest BCUT2D eigenvalue weighted by Crippen LogP contribution is 2.39. The number of hydrogen-bond acceptors (Lipinski definition) is 7. The van der Waals surface area contributed by atoms with Gasteiger partial charge in [-0.25, -0.2) is 9.18 Å². The minimum Gasteiger partial charge on any atom is -0.319 e. The number of imide groups is 1. The van der Waals surface area contributed by atoms with E-state index in [1.807, 2.05) is 24.3 Å². The summed E-state index contributed by atoms with van der Waals surface area (Å²) in [7, 11) is 0. The zero-order valence-corrected chi connectivity index (χ0v) is 19.5. The standard InChI is InChI=1S/C23H20FN5O3S2/c24-16-9-7-14(8-10-16)13-33-22-28-27-20(34-22)25-18(30)12-29-19(31)23(26-21(29)32)11-3-5-15-4-1-2-6-17(15)23/h1-2,4,6-10H,3,5,11-13H2,(H,26,32)(H,25,27,30)/t23-/m0/s1. The number of urea groups is 1. The van der Waals surface area contributed by atoms with Crippen molar-refractivity contribution in [1.82, 2.24) is 20.4 Å². The third-order valence-corrected chi connectivity index (χ3v) is 7.92. The lowest BCUT2D eigenvalue weighted by Crippen LogP contribution is -2.47. The lowest BCUT2D eigenvalue weighted by molar-refractivity contribution is -0.134. The van der Waals surface area contributed by atoms with Gasteiger partial charge in [-0.3, -0.25) is 19.8 Å². The van der Waals surface area contributed by atoms with Crippen LogP contribution in [0, 0.1) is 5.82 Å². The van der Waals surface area contributed by atoms with Gasteiger partial charge in [0.05, 0.1) is 0 Å². The summed E-state index contributed by atoms with van der Waals surface area (Å²) in [6, 6.07) is 13.2. The molecular weight excluding hydrogens is 477 g/mol. The van der Waals surface area contributed by atoms with Crippen molar-refractivity contribution >= 4 is 46.1 Å². The average Bonchev–Trinajstić information content (AvgIpc) is 3.37. The molecule has 0 unspecified atom stereocenters. The minimum absolute atomic E-state index is 0.274. The summed E-state index contributed by atoms with van der Waals surface area (Å²) < 4.78 is 13.7. The number of carbonyl (C=O) groups is 3. The van der Waals surface area contributed by atoms with Crippen molar-refractivity contribution in [3.05, 3.63) is 71.0 Å². The molecule has 2 aromatic carbocycles. The van der Waals surface area contributed by atoms with E-state index < -0.39 is 29.9 Å². The van der Waals surface area contributed by atoms with E-state index in [4.69, 9.17) is 0 Å². The van der Waals surface area contributed by atoms with Gasteiger partial charge in [0.15, 0.2) is 4.34 Å². The molecule has 2 N–H and O–H groups in total. The molecule has 8 nitrogen and oxygen atoms in total. The van der Waals surface area contributed by atoms with E-state index >= 15 is 0 Å². The fourth-order valence-electron chi connectivity index (χ4n) is 4.30. The number of benzene rings is 2.